The maximum Gasteiger partial charge on any atom is 0.337 e. The minimum atomic E-state index is -3.59. The van der Waals surface area contributed by atoms with E-state index in [9.17, 15) is 18.0 Å². The molecule has 0 bridgehead atoms. The summed E-state index contributed by atoms with van der Waals surface area (Å²) in [6, 6.07) is 11.9. The summed E-state index contributed by atoms with van der Waals surface area (Å²) in [5, 5.41) is 2.64. The molecule has 2 rings (SSSR count). The molecular weight excluding hydrogens is 396 g/mol. The Morgan fingerprint density at radius 3 is 2.21 bits per heavy atom. The molecule has 1 atom stereocenters. The van der Waals surface area contributed by atoms with Crippen molar-refractivity contribution in [3.8, 4) is 5.75 Å². The maximum absolute atomic E-state index is 12.2. The Bertz CT molecular complexity index is 940. The van der Waals surface area contributed by atoms with Crippen LogP contribution in [-0.4, -0.2) is 40.1 Å². The van der Waals surface area contributed by atoms with E-state index in [4.69, 9.17) is 4.74 Å². The first-order chi connectivity index (χ1) is 13.7. The van der Waals surface area contributed by atoms with Crippen LogP contribution >= 0.6 is 0 Å². The molecule has 8 nitrogen and oxygen atoms in total. The van der Waals surface area contributed by atoms with Crippen LogP contribution in [0.4, 0.5) is 5.69 Å². The Morgan fingerprint density at radius 1 is 1.03 bits per heavy atom. The van der Waals surface area contributed by atoms with Gasteiger partial charge in [0.2, 0.25) is 10.0 Å². The van der Waals surface area contributed by atoms with Gasteiger partial charge in [-0.05, 0) is 61.9 Å². The van der Waals surface area contributed by atoms with Gasteiger partial charge in [-0.25, -0.2) is 17.9 Å². The van der Waals surface area contributed by atoms with E-state index in [-0.39, 0.29) is 17.5 Å². The van der Waals surface area contributed by atoms with E-state index in [0.717, 1.165) is 0 Å². The topological polar surface area (TPSA) is 111 Å². The van der Waals surface area contributed by atoms with Gasteiger partial charge in [-0.2, -0.15) is 0 Å². The Labute approximate surface area is 170 Å². The molecule has 9 heteroatoms. The third kappa shape index (κ3) is 6.58. The normalized spacial score (nSPS) is 12.1. The fourth-order valence-corrected chi connectivity index (χ4v) is 3.61. The van der Waals surface area contributed by atoms with Crippen LogP contribution in [0.1, 0.15) is 30.6 Å². The van der Waals surface area contributed by atoms with Crippen LogP contribution in [0.15, 0.2) is 53.4 Å². The van der Waals surface area contributed by atoms with Crippen molar-refractivity contribution in [1.29, 1.82) is 0 Å². The van der Waals surface area contributed by atoms with Crippen LogP contribution in [0.5, 0.6) is 5.75 Å². The lowest BCUT2D eigenvalue weighted by molar-refractivity contribution is -0.118. The summed E-state index contributed by atoms with van der Waals surface area (Å²) in [7, 11) is -2.30. The third-order valence-electron chi connectivity index (χ3n) is 4.06. The second kappa shape index (κ2) is 10.0. The van der Waals surface area contributed by atoms with E-state index in [2.05, 4.69) is 14.8 Å². The molecule has 29 heavy (non-hydrogen) atoms. The number of nitrogens with one attached hydrogen (secondary N) is 2. The van der Waals surface area contributed by atoms with Crippen LogP contribution < -0.4 is 14.8 Å². The van der Waals surface area contributed by atoms with E-state index >= 15 is 0 Å². The molecule has 0 aliphatic heterocycles. The summed E-state index contributed by atoms with van der Waals surface area (Å²) >= 11 is 0. The van der Waals surface area contributed by atoms with Crippen LogP contribution in [0.2, 0.25) is 0 Å². The van der Waals surface area contributed by atoms with E-state index in [1.165, 1.54) is 43.5 Å². The first-order valence-corrected chi connectivity index (χ1v) is 10.5. The molecule has 0 heterocycles. The minimum absolute atomic E-state index is 0.125. The maximum atomic E-state index is 12.2. The molecule has 0 radical (unpaired) electrons. The first kappa shape index (κ1) is 22.4. The van der Waals surface area contributed by atoms with Crippen molar-refractivity contribution in [3.05, 3.63) is 54.1 Å². The van der Waals surface area contributed by atoms with Crippen molar-refractivity contribution in [2.75, 3.05) is 19.0 Å². The molecule has 2 aromatic rings. The molecule has 0 aliphatic carbocycles. The third-order valence-corrected chi connectivity index (χ3v) is 5.67. The molecule has 2 aromatic carbocycles. The van der Waals surface area contributed by atoms with Gasteiger partial charge in [-0.3, -0.25) is 4.79 Å². The zero-order chi connectivity index (χ0) is 21.4. The molecule has 0 saturated carbocycles. The number of rotatable bonds is 9. The lowest BCUT2D eigenvalue weighted by Crippen LogP contribution is -2.31. The standard InChI is InChI=1S/C20H24N2O6S/c1-4-14(2)22-29(25,26)18-11-9-17(10-12-18)28-13-19(23)21-16-7-5-15(6-8-16)20(24)27-3/h5-12,14,22H,4,13H2,1-3H3,(H,21,23)/t14-/m0/s1. The summed E-state index contributed by atoms with van der Waals surface area (Å²) in [6.45, 7) is 3.43. The number of amides is 1. The van der Waals surface area contributed by atoms with Gasteiger partial charge in [0.05, 0.1) is 17.6 Å². The smallest absolute Gasteiger partial charge is 0.337 e. The monoisotopic (exact) mass is 420 g/mol. The number of carbonyl (C=O) groups is 2. The molecule has 1 amide bonds. The average molecular weight is 420 g/mol. The van der Waals surface area contributed by atoms with E-state index in [1.54, 1.807) is 19.1 Å². The van der Waals surface area contributed by atoms with Gasteiger partial charge in [0.15, 0.2) is 6.61 Å². The number of methoxy groups -OCH3 is 1. The number of benzene rings is 2. The second-order valence-electron chi connectivity index (χ2n) is 6.31. The number of hydrogen-bond acceptors (Lipinski definition) is 6. The Balaban J connectivity index is 1.89. The van der Waals surface area contributed by atoms with Gasteiger partial charge >= 0.3 is 5.97 Å². The molecule has 0 aliphatic rings. The predicted molar refractivity (Wildman–Crippen MR) is 108 cm³/mol. The highest BCUT2D eigenvalue weighted by Gasteiger charge is 2.16. The van der Waals surface area contributed by atoms with Crippen LogP contribution in [0, 0.1) is 0 Å². The molecule has 0 unspecified atom stereocenters. The second-order valence-corrected chi connectivity index (χ2v) is 8.02. The van der Waals surface area contributed by atoms with E-state index < -0.39 is 21.9 Å². The Hall–Kier alpha value is -2.91. The molecule has 2 N–H and O–H groups in total. The molecule has 0 aromatic heterocycles. The summed E-state index contributed by atoms with van der Waals surface area (Å²) in [4.78, 5) is 23.5. The van der Waals surface area contributed by atoms with Gasteiger partial charge in [-0.15, -0.1) is 0 Å². The highest BCUT2D eigenvalue weighted by molar-refractivity contribution is 7.89. The average Bonchev–Trinajstić information content (AvgIpc) is 2.72. The van der Waals surface area contributed by atoms with Crippen molar-refractivity contribution >= 4 is 27.6 Å². The zero-order valence-corrected chi connectivity index (χ0v) is 17.3. The van der Waals surface area contributed by atoms with Crippen molar-refractivity contribution in [2.24, 2.45) is 0 Å². The SMILES string of the molecule is CC[C@H](C)NS(=O)(=O)c1ccc(OCC(=O)Nc2ccc(C(=O)OC)cc2)cc1. The number of carbonyl (C=O) groups excluding carboxylic acids is 2. The van der Waals surface area contributed by atoms with E-state index in [0.29, 0.717) is 23.4 Å². The van der Waals surface area contributed by atoms with Crippen LogP contribution in [-0.2, 0) is 19.6 Å². The summed E-state index contributed by atoms with van der Waals surface area (Å²) in [5.41, 5.74) is 0.878. The summed E-state index contributed by atoms with van der Waals surface area (Å²) in [5.74, 6) is -0.495. The fraction of sp³-hybridized carbons (Fsp3) is 0.300. The van der Waals surface area contributed by atoms with Crippen molar-refractivity contribution in [2.45, 2.75) is 31.2 Å². The minimum Gasteiger partial charge on any atom is -0.484 e. The van der Waals surface area contributed by atoms with Crippen molar-refractivity contribution in [1.82, 2.24) is 4.72 Å². The van der Waals surface area contributed by atoms with Gasteiger partial charge in [-0.1, -0.05) is 6.92 Å². The van der Waals surface area contributed by atoms with Gasteiger partial charge in [0.1, 0.15) is 5.75 Å². The number of hydrogen-bond donors (Lipinski definition) is 2. The molecule has 156 valence electrons. The number of anilines is 1. The lowest BCUT2D eigenvalue weighted by Gasteiger charge is -2.12. The largest absolute Gasteiger partial charge is 0.484 e. The molecule has 0 saturated heterocycles. The van der Waals surface area contributed by atoms with Crippen LogP contribution in [0.25, 0.3) is 0 Å². The van der Waals surface area contributed by atoms with Crippen LogP contribution in [0.3, 0.4) is 0 Å². The number of sulfonamides is 1. The predicted octanol–water partition coefficient (Wildman–Crippen LogP) is 2.57. The molecule has 0 fully saturated rings. The first-order valence-electron chi connectivity index (χ1n) is 8.98. The van der Waals surface area contributed by atoms with Crippen molar-refractivity contribution in [3.63, 3.8) is 0 Å². The number of ether oxygens (including phenoxy) is 2. The number of esters is 1. The zero-order valence-electron chi connectivity index (χ0n) is 16.5. The van der Waals surface area contributed by atoms with Crippen molar-refractivity contribution < 1.29 is 27.5 Å². The quantitative estimate of drug-likeness (QED) is 0.603. The van der Waals surface area contributed by atoms with E-state index in [1.807, 2.05) is 6.92 Å². The highest BCUT2D eigenvalue weighted by atomic mass is 32.2. The van der Waals surface area contributed by atoms with Gasteiger partial charge in [0, 0.05) is 11.7 Å². The molecule has 0 spiro atoms. The lowest BCUT2D eigenvalue weighted by atomic mass is 10.2. The fourth-order valence-electron chi connectivity index (χ4n) is 2.28. The molecular formula is C20H24N2O6S. The summed E-state index contributed by atoms with van der Waals surface area (Å²) in [6.07, 6.45) is 0.682. The van der Waals surface area contributed by atoms with Gasteiger partial charge < -0.3 is 14.8 Å². The van der Waals surface area contributed by atoms with Gasteiger partial charge in [0.25, 0.3) is 5.91 Å². The summed E-state index contributed by atoms with van der Waals surface area (Å²) < 4.78 is 37.0. The Morgan fingerprint density at radius 2 is 1.66 bits per heavy atom. The Kier molecular flexibility index (Phi) is 7.74. The highest BCUT2D eigenvalue weighted by Crippen LogP contribution is 2.17.